The summed E-state index contributed by atoms with van der Waals surface area (Å²) in [5, 5.41) is 6.80. The zero-order valence-electron chi connectivity index (χ0n) is 22.1. The van der Waals surface area contributed by atoms with Crippen LogP contribution in [-0.4, -0.2) is 40.2 Å². The van der Waals surface area contributed by atoms with Crippen LogP contribution in [0.25, 0.3) is 11.3 Å². The molecule has 0 aliphatic carbocycles. The number of hydrogen-bond acceptors (Lipinski definition) is 7. The molecule has 1 aliphatic heterocycles. The van der Waals surface area contributed by atoms with E-state index in [9.17, 15) is 13.6 Å². The van der Waals surface area contributed by atoms with Crippen LogP contribution >= 0.6 is 0 Å². The Hall–Kier alpha value is -3.43. The lowest BCUT2D eigenvalue weighted by Crippen LogP contribution is -2.51. The van der Waals surface area contributed by atoms with Crippen molar-refractivity contribution in [3.05, 3.63) is 77.1 Å². The molecule has 0 amide bonds. The minimum Gasteiger partial charge on any atom is -0.459 e. The van der Waals surface area contributed by atoms with Gasteiger partial charge >= 0.3 is 5.97 Å². The molecule has 1 unspecified atom stereocenters. The highest BCUT2D eigenvalue weighted by Gasteiger charge is 2.30. The largest absolute Gasteiger partial charge is 0.459 e. The molecular formula is C29H35F2N5O2. The third-order valence-electron chi connectivity index (χ3n) is 6.49. The maximum absolute atomic E-state index is 14.0. The Morgan fingerprint density at radius 1 is 1.13 bits per heavy atom. The number of aromatic nitrogens is 2. The van der Waals surface area contributed by atoms with Crippen molar-refractivity contribution in [2.24, 2.45) is 0 Å². The molecule has 3 aromatic rings. The number of nitrogens with zero attached hydrogens (tertiary/aromatic N) is 2. The van der Waals surface area contributed by atoms with Crippen LogP contribution in [0.2, 0.25) is 0 Å². The van der Waals surface area contributed by atoms with E-state index in [0.717, 1.165) is 24.1 Å². The average molecular weight is 524 g/mol. The smallest absolute Gasteiger partial charge is 0.323 e. The Labute approximate surface area is 222 Å². The van der Waals surface area contributed by atoms with Gasteiger partial charge in [-0.2, -0.15) is 0 Å². The van der Waals surface area contributed by atoms with E-state index in [0.29, 0.717) is 24.4 Å². The highest BCUT2D eigenvalue weighted by Crippen LogP contribution is 2.22. The summed E-state index contributed by atoms with van der Waals surface area (Å²) in [6.07, 6.45) is 3.61. The second kappa shape index (κ2) is 12.0. The van der Waals surface area contributed by atoms with Crippen LogP contribution in [0.15, 0.2) is 48.7 Å². The monoisotopic (exact) mass is 523 g/mol. The molecule has 2 aromatic carbocycles. The molecular weight excluding hydrogens is 488 g/mol. The van der Waals surface area contributed by atoms with Crippen molar-refractivity contribution >= 4 is 11.8 Å². The molecule has 2 heterocycles. The Kier molecular flexibility index (Phi) is 8.69. The molecule has 0 radical (unpaired) electrons. The van der Waals surface area contributed by atoms with Crippen LogP contribution in [0.5, 0.6) is 0 Å². The zero-order valence-corrected chi connectivity index (χ0v) is 22.1. The van der Waals surface area contributed by atoms with Crippen molar-refractivity contribution in [2.75, 3.05) is 12.3 Å². The number of hydrogen-bond donors (Lipinski definition) is 3. The predicted molar refractivity (Wildman–Crippen MR) is 143 cm³/mol. The number of ether oxygens (including phenoxy) is 1. The molecule has 4 rings (SSSR count). The average Bonchev–Trinajstić information content (AvgIpc) is 2.88. The highest BCUT2D eigenvalue weighted by atomic mass is 19.1. The summed E-state index contributed by atoms with van der Waals surface area (Å²) >= 11 is 0. The maximum Gasteiger partial charge on any atom is 0.323 e. The number of piperidine rings is 1. The molecule has 0 saturated carbocycles. The number of anilines is 1. The first-order valence-electron chi connectivity index (χ1n) is 12.9. The second-order valence-electron chi connectivity index (χ2n) is 10.6. The van der Waals surface area contributed by atoms with Crippen LogP contribution in [0.1, 0.15) is 50.4 Å². The summed E-state index contributed by atoms with van der Waals surface area (Å²) in [5.41, 5.74) is 8.61. The van der Waals surface area contributed by atoms with E-state index >= 15 is 0 Å². The summed E-state index contributed by atoms with van der Waals surface area (Å²) in [7, 11) is 0. The van der Waals surface area contributed by atoms with Gasteiger partial charge in [0.05, 0.1) is 17.6 Å². The van der Waals surface area contributed by atoms with Gasteiger partial charge in [0, 0.05) is 23.7 Å². The van der Waals surface area contributed by atoms with E-state index in [1.54, 1.807) is 6.20 Å². The number of aryl methyl sites for hydroxylation is 1. The standard InChI is InChI=1S/C29H35F2N5O2/c1-29(2,3)38-28(37)25-15-20(13-14-33-25)34-16-18-7-9-19(10-8-18)26-17-35-27(32)24(36-26)12-11-21-22(30)5-4-6-23(21)31/h4-10,17,20,25,33-34H,11-16H2,1-3H3,(H2,32,35)/t20?,25-/m1/s1. The Morgan fingerprint density at radius 2 is 1.84 bits per heavy atom. The molecule has 0 spiro atoms. The van der Waals surface area contributed by atoms with E-state index in [1.165, 1.54) is 18.2 Å². The third-order valence-corrected chi connectivity index (χ3v) is 6.49. The van der Waals surface area contributed by atoms with Gasteiger partial charge in [0.25, 0.3) is 0 Å². The van der Waals surface area contributed by atoms with E-state index in [4.69, 9.17) is 10.5 Å². The number of benzene rings is 2. The van der Waals surface area contributed by atoms with Crippen molar-refractivity contribution in [1.29, 1.82) is 0 Å². The maximum atomic E-state index is 14.0. The van der Waals surface area contributed by atoms with E-state index in [1.807, 2.05) is 45.0 Å². The van der Waals surface area contributed by atoms with Crippen molar-refractivity contribution < 1.29 is 18.3 Å². The van der Waals surface area contributed by atoms with Crippen LogP contribution in [0.4, 0.5) is 14.6 Å². The fourth-order valence-corrected chi connectivity index (χ4v) is 4.49. The lowest BCUT2D eigenvalue weighted by atomic mass is 9.98. The predicted octanol–water partition coefficient (Wildman–Crippen LogP) is 4.34. The quantitative estimate of drug-likeness (QED) is 0.378. The fourth-order valence-electron chi connectivity index (χ4n) is 4.49. The van der Waals surface area contributed by atoms with Crippen LogP contribution in [0.3, 0.4) is 0 Å². The highest BCUT2D eigenvalue weighted by molar-refractivity contribution is 5.76. The summed E-state index contributed by atoms with van der Waals surface area (Å²) in [6.45, 7) is 7.03. The van der Waals surface area contributed by atoms with Crippen LogP contribution in [-0.2, 0) is 28.9 Å². The van der Waals surface area contributed by atoms with Gasteiger partial charge in [-0.25, -0.2) is 18.7 Å². The van der Waals surface area contributed by atoms with Crippen molar-refractivity contribution in [3.63, 3.8) is 0 Å². The van der Waals surface area contributed by atoms with Crippen LogP contribution in [0, 0.1) is 11.6 Å². The Balaban J connectivity index is 1.35. The van der Waals surface area contributed by atoms with E-state index in [2.05, 4.69) is 20.6 Å². The molecule has 4 N–H and O–H groups in total. The van der Waals surface area contributed by atoms with E-state index in [-0.39, 0.29) is 42.3 Å². The van der Waals surface area contributed by atoms with Crippen LogP contribution < -0.4 is 16.4 Å². The fraction of sp³-hybridized carbons (Fsp3) is 0.414. The van der Waals surface area contributed by atoms with Gasteiger partial charge in [-0.05, 0) is 70.7 Å². The second-order valence-corrected chi connectivity index (χ2v) is 10.6. The Bertz CT molecular complexity index is 1240. The van der Waals surface area contributed by atoms with Gasteiger partial charge in [0.1, 0.15) is 29.1 Å². The summed E-state index contributed by atoms with van der Waals surface area (Å²) in [4.78, 5) is 21.3. The summed E-state index contributed by atoms with van der Waals surface area (Å²) in [5.74, 6) is -1.13. The molecule has 1 fully saturated rings. The SMILES string of the molecule is CC(C)(C)OC(=O)[C@H]1CC(NCc2ccc(-c3cnc(N)c(CCc4c(F)cccc4F)n3)cc2)CCN1. The molecule has 0 bridgehead atoms. The molecule has 9 heteroatoms. The van der Waals surface area contributed by atoms with Crippen molar-refractivity contribution in [2.45, 2.75) is 70.7 Å². The molecule has 1 aromatic heterocycles. The molecule has 38 heavy (non-hydrogen) atoms. The van der Waals surface area contributed by atoms with Gasteiger partial charge in [-0.1, -0.05) is 30.3 Å². The number of carbonyl (C=O) groups is 1. The number of halogens is 2. The number of nitrogens with two attached hydrogens (primary N) is 1. The Morgan fingerprint density at radius 3 is 2.53 bits per heavy atom. The van der Waals surface area contributed by atoms with Gasteiger partial charge in [0.15, 0.2) is 0 Å². The molecule has 1 aliphatic rings. The normalized spacial score (nSPS) is 17.8. The minimum atomic E-state index is -0.582. The molecule has 1 saturated heterocycles. The number of rotatable bonds is 8. The molecule has 202 valence electrons. The van der Waals surface area contributed by atoms with Gasteiger partial charge < -0.3 is 21.1 Å². The number of nitrogen functional groups attached to an aromatic ring is 1. The number of esters is 1. The van der Waals surface area contributed by atoms with Crippen molar-refractivity contribution in [1.82, 2.24) is 20.6 Å². The summed E-state index contributed by atoms with van der Waals surface area (Å²) in [6, 6.07) is 11.7. The topological polar surface area (TPSA) is 102 Å². The first-order valence-corrected chi connectivity index (χ1v) is 12.9. The van der Waals surface area contributed by atoms with Crippen molar-refractivity contribution in [3.8, 4) is 11.3 Å². The lowest BCUT2D eigenvalue weighted by molar-refractivity contribution is -0.158. The molecule has 2 atom stereocenters. The summed E-state index contributed by atoms with van der Waals surface area (Å²) < 4.78 is 33.5. The number of carbonyl (C=O) groups excluding carboxylic acids is 1. The third kappa shape index (κ3) is 7.33. The van der Waals surface area contributed by atoms with Gasteiger partial charge in [-0.15, -0.1) is 0 Å². The van der Waals surface area contributed by atoms with E-state index < -0.39 is 17.2 Å². The lowest BCUT2D eigenvalue weighted by Gasteiger charge is -2.31. The van der Waals surface area contributed by atoms with Gasteiger partial charge in [0.2, 0.25) is 0 Å². The van der Waals surface area contributed by atoms with Gasteiger partial charge in [-0.3, -0.25) is 4.79 Å². The first-order chi connectivity index (χ1) is 18.1. The zero-order chi connectivity index (χ0) is 27.3. The number of nitrogens with one attached hydrogen (secondary N) is 2. The first kappa shape index (κ1) is 27.6. The molecule has 7 nitrogen and oxygen atoms in total. The minimum absolute atomic E-state index is 0.0159.